The lowest BCUT2D eigenvalue weighted by Crippen LogP contribution is -2.07. The first-order valence-corrected chi connectivity index (χ1v) is 7.32. The van der Waals surface area contributed by atoms with Crippen molar-refractivity contribution in [2.75, 3.05) is 7.11 Å². The minimum absolute atomic E-state index is 0.210. The van der Waals surface area contributed by atoms with Crippen molar-refractivity contribution in [3.63, 3.8) is 0 Å². The standard InChI is InChI=1S/C17H23NO/c1-3-4-5-6-7-15-12-17(15,13-18)14-8-10-16(19-2)11-9-14/h8-11,15H,3-7,12H2,1-2H3/t15-,17-/m1/s1. The molecular weight excluding hydrogens is 234 g/mol. The molecule has 0 aliphatic heterocycles. The van der Waals surface area contributed by atoms with E-state index in [0.717, 1.165) is 17.7 Å². The molecular formula is C17H23NO. The molecule has 19 heavy (non-hydrogen) atoms. The fraction of sp³-hybridized carbons (Fsp3) is 0.588. The molecule has 0 aromatic heterocycles. The average Bonchev–Trinajstić information content (AvgIpc) is 3.18. The molecule has 2 rings (SSSR count). The van der Waals surface area contributed by atoms with Crippen molar-refractivity contribution in [2.45, 2.75) is 50.9 Å². The molecule has 2 heteroatoms. The highest BCUT2D eigenvalue weighted by atomic mass is 16.5. The number of nitrogens with zero attached hydrogens (tertiary/aromatic N) is 1. The van der Waals surface area contributed by atoms with E-state index in [1.165, 1.54) is 32.1 Å². The Morgan fingerprint density at radius 2 is 2.00 bits per heavy atom. The smallest absolute Gasteiger partial charge is 0.118 e. The molecule has 0 saturated heterocycles. The van der Waals surface area contributed by atoms with E-state index in [0.29, 0.717) is 5.92 Å². The Kier molecular flexibility index (Phi) is 4.47. The number of nitriles is 1. The summed E-state index contributed by atoms with van der Waals surface area (Å²) in [7, 11) is 1.67. The van der Waals surface area contributed by atoms with Crippen LogP contribution in [-0.2, 0) is 5.41 Å². The molecule has 1 aliphatic carbocycles. The SMILES string of the molecule is CCCCCC[C@@H]1C[C@@]1(C#N)c1ccc(OC)cc1. The molecule has 0 N–H and O–H groups in total. The number of ether oxygens (including phenoxy) is 1. The van der Waals surface area contributed by atoms with Gasteiger partial charge in [-0.15, -0.1) is 0 Å². The lowest BCUT2D eigenvalue weighted by molar-refractivity contribution is 0.414. The van der Waals surface area contributed by atoms with Gasteiger partial charge in [-0.25, -0.2) is 0 Å². The summed E-state index contributed by atoms with van der Waals surface area (Å²) < 4.78 is 5.17. The lowest BCUT2D eigenvalue weighted by Gasteiger charge is -2.10. The average molecular weight is 257 g/mol. The molecule has 1 saturated carbocycles. The quantitative estimate of drug-likeness (QED) is 0.676. The van der Waals surface area contributed by atoms with Gasteiger partial charge in [0.05, 0.1) is 18.6 Å². The van der Waals surface area contributed by atoms with Crippen LogP contribution in [0.25, 0.3) is 0 Å². The van der Waals surface area contributed by atoms with Crippen LogP contribution in [0.4, 0.5) is 0 Å². The van der Waals surface area contributed by atoms with Crippen LogP contribution in [-0.4, -0.2) is 7.11 Å². The molecule has 2 nitrogen and oxygen atoms in total. The highest BCUT2D eigenvalue weighted by Gasteiger charge is 2.55. The summed E-state index contributed by atoms with van der Waals surface area (Å²) in [5, 5.41) is 9.53. The summed E-state index contributed by atoms with van der Waals surface area (Å²) >= 11 is 0. The molecule has 1 aromatic rings. The Hall–Kier alpha value is -1.49. The monoisotopic (exact) mass is 257 g/mol. The Bertz CT molecular complexity index is 445. The van der Waals surface area contributed by atoms with Crippen molar-refractivity contribution in [3.8, 4) is 11.8 Å². The van der Waals surface area contributed by atoms with Crippen LogP contribution in [0.3, 0.4) is 0 Å². The summed E-state index contributed by atoms with van der Waals surface area (Å²) in [5.74, 6) is 1.42. The van der Waals surface area contributed by atoms with Crippen LogP contribution >= 0.6 is 0 Å². The zero-order valence-electron chi connectivity index (χ0n) is 12.0. The van der Waals surface area contributed by atoms with Crippen molar-refractivity contribution >= 4 is 0 Å². The normalized spacial score (nSPS) is 24.8. The molecule has 1 aromatic carbocycles. The molecule has 1 fully saturated rings. The van der Waals surface area contributed by atoms with Gasteiger partial charge < -0.3 is 4.74 Å². The fourth-order valence-corrected chi connectivity index (χ4v) is 2.94. The molecule has 0 spiro atoms. The van der Waals surface area contributed by atoms with E-state index in [-0.39, 0.29) is 5.41 Å². The maximum Gasteiger partial charge on any atom is 0.118 e. The van der Waals surface area contributed by atoms with Gasteiger partial charge in [-0.3, -0.25) is 0 Å². The number of methoxy groups -OCH3 is 1. The van der Waals surface area contributed by atoms with Crippen LogP contribution in [0.1, 0.15) is 51.0 Å². The minimum atomic E-state index is -0.210. The molecule has 0 unspecified atom stereocenters. The van der Waals surface area contributed by atoms with E-state index in [4.69, 9.17) is 4.74 Å². The Morgan fingerprint density at radius 3 is 2.58 bits per heavy atom. The van der Waals surface area contributed by atoms with Crippen LogP contribution < -0.4 is 4.74 Å². The summed E-state index contributed by atoms with van der Waals surface area (Å²) in [6, 6.07) is 10.6. The summed E-state index contributed by atoms with van der Waals surface area (Å²) in [5.41, 5.74) is 0.953. The lowest BCUT2D eigenvalue weighted by atomic mass is 9.93. The topological polar surface area (TPSA) is 33.0 Å². The first-order chi connectivity index (χ1) is 9.26. The Balaban J connectivity index is 1.95. The molecule has 0 amide bonds. The zero-order valence-corrected chi connectivity index (χ0v) is 12.0. The van der Waals surface area contributed by atoms with Crippen molar-refractivity contribution in [1.29, 1.82) is 5.26 Å². The predicted molar refractivity (Wildman–Crippen MR) is 77.2 cm³/mol. The summed E-state index contributed by atoms with van der Waals surface area (Å²) in [6.07, 6.45) is 7.37. The highest BCUT2D eigenvalue weighted by molar-refractivity contribution is 5.43. The first kappa shape index (κ1) is 13.9. The largest absolute Gasteiger partial charge is 0.497 e. The molecule has 0 radical (unpaired) electrons. The maximum atomic E-state index is 9.53. The van der Waals surface area contributed by atoms with E-state index in [1.807, 2.05) is 24.3 Å². The van der Waals surface area contributed by atoms with Gasteiger partial charge in [0.15, 0.2) is 0 Å². The van der Waals surface area contributed by atoms with Gasteiger partial charge >= 0.3 is 0 Å². The van der Waals surface area contributed by atoms with E-state index in [2.05, 4.69) is 13.0 Å². The third-order valence-electron chi connectivity index (χ3n) is 4.32. The van der Waals surface area contributed by atoms with Crippen LogP contribution in [0.5, 0.6) is 5.75 Å². The number of unbranched alkanes of at least 4 members (excludes halogenated alkanes) is 3. The van der Waals surface area contributed by atoms with E-state index < -0.39 is 0 Å². The third-order valence-corrected chi connectivity index (χ3v) is 4.32. The van der Waals surface area contributed by atoms with Crippen LogP contribution in [0.2, 0.25) is 0 Å². The Labute approximate surface area is 116 Å². The van der Waals surface area contributed by atoms with E-state index >= 15 is 0 Å². The molecule has 0 heterocycles. The van der Waals surface area contributed by atoms with Crippen molar-refractivity contribution in [2.24, 2.45) is 5.92 Å². The number of rotatable bonds is 7. The zero-order chi connectivity index (χ0) is 13.7. The van der Waals surface area contributed by atoms with Gasteiger partial charge in [-0.05, 0) is 36.5 Å². The molecule has 0 bridgehead atoms. The fourth-order valence-electron chi connectivity index (χ4n) is 2.94. The molecule has 2 atom stereocenters. The van der Waals surface area contributed by atoms with Crippen LogP contribution in [0, 0.1) is 17.2 Å². The van der Waals surface area contributed by atoms with Crippen molar-refractivity contribution < 1.29 is 4.74 Å². The predicted octanol–water partition coefficient (Wildman–Crippen LogP) is 4.45. The Morgan fingerprint density at radius 1 is 1.26 bits per heavy atom. The number of benzene rings is 1. The maximum absolute atomic E-state index is 9.53. The van der Waals surface area contributed by atoms with Crippen molar-refractivity contribution in [1.82, 2.24) is 0 Å². The van der Waals surface area contributed by atoms with Gasteiger partial charge in [-0.2, -0.15) is 5.26 Å². The minimum Gasteiger partial charge on any atom is -0.497 e. The first-order valence-electron chi connectivity index (χ1n) is 7.32. The van der Waals surface area contributed by atoms with Gasteiger partial charge in [-0.1, -0.05) is 44.7 Å². The summed E-state index contributed by atoms with van der Waals surface area (Å²) in [6.45, 7) is 2.23. The summed E-state index contributed by atoms with van der Waals surface area (Å²) in [4.78, 5) is 0. The third kappa shape index (κ3) is 2.92. The highest BCUT2D eigenvalue weighted by Crippen LogP contribution is 2.56. The van der Waals surface area contributed by atoms with Crippen molar-refractivity contribution in [3.05, 3.63) is 29.8 Å². The second-order valence-corrected chi connectivity index (χ2v) is 5.56. The van der Waals surface area contributed by atoms with E-state index in [1.54, 1.807) is 7.11 Å². The van der Waals surface area contributed by atoms with Gasteiger partial charge in [0, 0.05) is 0 Å². The number of hydrogen-bond donors (Lipinski definition) is 0. The van der Waals surface area contributed by atoms with Gasteiger partial charge in [0.1, 0.15) is 5.75 Å². The molecule has 1 aliphatic rings. The number of hydrogen-bond acceptors (Lipinski definition) is 2. The second-order valence-electron chi connectivity index (χ2n) is 5.56. The van der Waals surface area contributed by atoms with Gasteiger partial charge in [0.25, 0.3) is 0 Å². The van der Waals surface area contributed by atoms with Gasteiger partial charge in [0.2, 0.25) is 0 Å². The van der Waals surface area contributed by atoms with Crippen LogP contribution in [0.15, 0.2) is 24.3 Å². The second kappa shape index (κ2) is 6.10. The molecule has 102 valence electrons. The van der Waals surface area contributed by atoms with E-state index in [9.17, 15) is 5.26 Å².